The summed E-state index contributed by atoms with van der Waals surface area (Å²) in [5.41, 5.74) is -1.95. The first-order valence-corrected chi connectivity index (χ1v) is 9.82. The number of ether oxygens (including phenoxy) is 2. The standard InChI is InChI=1S/C17H18F3N3O5S/c1-9-8-27-16(28-9)2-4-22(5-3-16)15-21-14(24)11-6-10(17(18,19)20)7-12(23(25)26)13(11)29-15/h7,9,24H,2-6,8H2,1H3. The van der Waals surface area contributed by atoms with Crippen LogP contribution >= 0.6 is 11.8 Å². The van der Waals surface area contributed by atoms with E-state index in [2.05, 4.69) is 4.99 Å². The fraction of sp³-hybridized carbons (Fsp3) is 0.588. The zero-order valence-corrected chi connectivity index (χ0v) is 16.2. The highest BCUT2D eigenvalue weighted by atomic mass is 32.2. The lowest BCUT2D eigenvalue weighted by molar-refractivity contribution is -0.419. The highest BCUT2D eigenvalue weighted by Gasteiger charge is 2.45. The molecule has 4 rings (SSSR count). The molecule has 8 nitrogen and oxygen atoms in total. The second kappa shape index (κ2) is 7.03. The second-order valence-corrected chi connectivity index (χ2v) is 8.23. The Morgan fingerprint density at radius 1 is 1.41 bits per heavy atom. The minimum atomic E-state index is -4.73. The third kappa shape index (κ3) is 3.76. The highest BCUT2D eigenvalue weighted by Crippen LogP contribution is 2.46. The molecule has 0 aromatic rings. The van der Waals surface area contributed by atoms with Crippen LogP contribution in [-0.2, 0) is 9.47 Å². The van der Waals surface area contributed by atoms with Gasteiger partial charge < -0.3 is 19.5 Å². The number of aliphatic hydroxyl groups excluding tert-OH is 1. The number of likely N-dealkylation sites (tertiary alicyclic amines) is 1. The number of halogens is 3. The van der Waals surface area contributed by atoms with E-state index >= 15 is 0 Å². The van der Waals surface area contributed by atoms with Crippen LogP contribution in [0.25, 0.3) is 0 Å². The van der Waals surface area contributed by atoms with Crippen molar-refractivity contribution in [2.24, 2.45) is 4.99 Å². The fourth-order valence-corrected chi connectivity index (χ4v) is 4.88. The normalized spacial score (nSPS) is 27.2. The lowest BCUT2D eigenvalue weighted by Gasteiger charge is -2.39. The van der Waals surface area contributed by atoms with Gasteiger partial charge in [0.2, 0.25) is 5.88 Å². The maximum absolute atomic E-state index is 13.1. The van der Waals surface area contributed by atoms with Gasteiger partial charge in [0, 0.05) is 49.6 Å². The summed E-state index contributed by atoms with van der Waals surface area (Å²) in [5.74, 6) is -1.27. The number of piperidine rings is 1. The van der Waals surface area contributed by atoms with Gasteiger partial charge in [-0.05, 0) is 18.7 Å². The van der Waals surface area contributed by atoms with Crippen molar-refractivity contribution >= 4 is 16.9 Å². The lowest BCUT2D eigenvalue weighted by Crippen LogP contribution is -2.47. The summed E-state index contributed by atoms with van der Waals surface area (Å²) >= 11 is 0.909. The molecule has 158 valence electrons. The Morgan fingerprint density at radius 3 is 2.66 bits per heavy atom. The molecule has 0 saturated carbocycles. The van der Waals surface area contributed by atoms with E-state index in [0.717, 1.165) is 11.8 Å². The van der Waals surface area contributed by atoms with Gasteiger partial charge in [0.15, 0.2) is 11.0 Å². The van der Waals surface area contributed by atoms with Gasteiger partial charge in [-0.3, -0.25) is 10.1 Å². The predicted octanol–water partition coefficient (Wildman–Crippen LogP) is 3.47. The molecule has 0 aromatic carbocycles. The quantitative estimate of drug-likeness (QED) is 0.500. The molecule has 0 radical (unpaired) electrons. The molecule has 1 N–H and O–H groups in total. The minimum absolute atomic E-state index is 0.00198. The van der Waals surface area contributed by atoms with Crippen molar-refractivity contribution in [3.05, 3.63) is 43.8 Å². The van der Waals surface area contributed by atoms with E-state index < -0.39 is 40.5 Å². The second-order valence-electron chi connectivity index (χ2n) is 7.25. The molecule has 2 fully saturated rings. The number of nitrogens with zero attached hydrogens (tertiary/aromatic N) is 3. The van der Waals surface area contributed by atoms with Crippen molar-refractivity contribution in [3.8, 4) is 0 Å². The summed E-state index contributed by atoms with van der Waals surface area (Å²) in [5, 5.41) is 22.0. The number of nitro groups is 1. The van der Waals surface area contributed by atoms with Gasteiger partial charge in [-0.15, -0.1) is 0 Å². The third-order valence-corrected chi connectivity index (χ3v) is 6.40. The van der Waals surface area contributed by atoms with Crippen LogP contribution in [0.5, 0.6) is 0 Å². The maximum atomic E-state index is 13.1. The fourth-order valence-electron chi connectivity index (χ4n) is 3.73. The number of rotatable bonds is 1. The number of hydrogen-bond acceptors (Lipinski definition) is 8. The predicted molar refractivity (Wildman–Crippen MR) is 97.5 cm³/mol. The van der Waals surface area contributed by atoms with Crippen molar-refractivity contribution in [1.82, 2.24) is 4.90 Å². The molecule has 1 atom stereocenters. The lowest BCUT2D eigenvalue weighted by atomic mass is 9.97. The van der Waals surface area contributed by atoms with E-state index in [-0.39, 0.29) is 16.6 Å². The molecule has 4 aliphatic rings. The minimum Gasteiger partial charge on any atom is -0.493 e. The van der Waals surface area contributed by atoms with Crippen molar-refractivity contribution in [2.75, 3.05) is 19.7 Å². The number of allylic oxidation sites excluding steroid dienone is 3. The number of aliphatic imine (C=N–C) groups is 1. The van der Waals surface area contributed by atoms with Crippen LogP contribution in [-0.4, -0.2) is 57.9 Å². The Balaban J connectivity index is 1.59. The number of aliphatic hydroxyl groups is 1. The van der Waals surface area contributed by atoms with Crippen molar-refractivity contribution in [1.29, 1.82) is 0 Å². The zero-order chi connectivity index (χ0) is 21.0. The van der Waals surface area contributed by atoms with Gasteiger partial charge in [0.05, 0.1) is 17.6 Å². The van der Waals surface area contributed by atoms with Crippen LogP contribution in [0.3, 0.4) is 0 Å². The van der Waals surface area contributed by atoms with Crippen LogP contribution in [0, 0.1) is 10.1 Å². The summed E-state index contributed by atoms with van der Waals surface area (Å²) in [7, 11) is 0. The van der Waals surface area contributed by atoms with Crippen molar-refractivity contribution in [3.63, 3.8) is 0 Å². The van der Waals surface area contributed by atoms with E-state index in [1.807, 2.05) is 11.8 Å². The molecule has 3 aliphatic heterocycles. The van der Waals surface area contributed by atoms with Gasteiger partial charge in [0.1, 0.15) is 4.91 Å². The van der Waals surface area contributed by atoms with E-state index in [9.17, 15) is 28.4 Å². The van der Waals surface area contributed by atoms with Gasteiger partial charge in [-0.25, -0.2) is 0 Å². The Bertz CT molecular complexity index is 872. The Hall–Kier alpha value is -2.05. The largest absolute Gasteiger partial charge is 0.493 e. The topological polar surface area (TPSA) is 97.4 Å². The van der Waals surface area contributed by atoms with Crippen molar-refractivity contribution < 1.29 is 32.7 Å². The van der Waals surface area contributed by atoms with Crippen LogP contribution in [0.4, 0.5) is 13.2 Å². The Labute approximate surface area is 167 Å². The Morgan fingerprint density at radius 2 is 2.10 bits per heavy atom. The molecule has 0 amide bonds. The molecule has 1 unspecified atom stereocenters. The SMILES string of the molecule is CC1COC2(CCN(C3=NC(O)=C4CC(C(F)(F)F)=CC([N+](=O)[O-])=C4S3)CC2)O1. The first-order valence-electron chi connectivity index (χ1n) is 9.00. The van der Waals surface area contributed by atoms with E-state index in [4.69, 9.17) is 9.47 Å². The molecular weight excluding hydrogens is 415 g/mol. The summed E-state index contributed by atoms with van der Waals surface area (Å²) in [6, 6.07) is 0. The molecule has 2 saturated heterocycles. The number of amidine groups is 1. The smallest absolute Gasteiger partial charge is 0.413 e. The molecule has 0 bridgehead atoms. The summed E-state index contributed by atoms with van der Waals surface area (Å²) < 4.78 is 51.0. The average molecular weight is 433 g/mol. The number of thioether (sulfide) groups is 1. The maximum Gasteiger partial charge on any atom is 0.413 e. The third-order valence-electron chi connectivity index (χ3n) is 5.20. The molecule has 29 heavy (non-hydrogen) atoms. The van der Waals surface area contributed by atoms with Crippen LogP contribution in [0.15, 0.2) is 38.7 Å². The van der Waals surface area contributed by atoms with Gasteiger partial charge in [-0.2, -0.15) is 18.2 Å². The summed E-state index contributed by atoms with van der Waals surface area (Å²) in [6.45, 7) is 3.39. The van der Waals surface area contributed by atoms with E-state index in [1.165, 1.54) is 0 Å². The first-order chi connectivity index (χ1) is 13.6. The average Bonchev–Trinajstić information content (AvgIpc) is 3.00. The van der Waals surface area contributed by atoms with Gasteiger partial charge in [0.25, 0.3) is 5.70 Å². The first kappa shape index (κ1) is 20.2. The molecule has 0 aromatic heterocycles. The Kier molecular flexibility index (Phi) is 4.90. The van der Waals surface area contributed by atoms with Crippen LogP contribution in [0.1, 0.15) is 26.2 Å². The van der Waals surface area contributed by atoms with E-state index in [0.29, 0.717) is 43.8 Å². The number of fused-ring (bicyclic) bond motifs is 1. The zero-order valence-electron chi connectivity index (χ0n) is 15.4. The van der Waals surface area contributed by atoms with Crippen LogP contribution < -0.4 is 0 Å². The monoisotopic (exact) mass is 433 g/mol. The highest BCUT2D eigenvalue weighted by molar-refractivity contribution is 8.17. The van der Waals surface area contributed by atoms with Gasteiger partial charge >= 0.3 is 6.18 Å². The van der Waals surface area contributed by atoms with Crippen LogP contribution in [0.2, 0.25) is 0 Å². The van der Waals surface area contributed by atoms with Gasteiger partial charge in [-0.1, -0.05) is 0 Å². The molecule has 3 heterocycles. The van der Waals surface area contributed by atoms with E-state index in [1.54, 1.807) is 0 Å². The molecule has 1 aliphatic carbocycles. The number of alkyl halides is 3. The summed E-state index contributed by atoms with van der Waals surface area (Å²) in [6.07, 6.45) is -3.75. The number of hydrogen-bond donors (Lipinski definition) is 1. The molecular formula is C17H18F3N3O5S. The van der Waals surface area contributed by atoms with Crippen molar-refractivity contribution in [2.45, 2.75) is 44.3 Å². The molecule has 1 spiro atoms. The summed E-state index contributed by atoms with van der Waals surface area (Å²) in [4.78, 5) is 16.4. The molecule has 12 heteroatoms.